The van der Waals surface area contributed by atoms with Crippen LogP contribution in [-0.4, -0.2) is 52.3 Å². The molecule has 2 N–H and O–H groups in total. The Morgan fingerprint density at radius 1 is 1.30 bits per heavy atom. The highest BCUT2D eigenvalue weighted by molar-refractivity contribution is 14.0. The molecule has 1 aliphatic rings. The minimum atomic E-state index is -0.157. The van der Waals surface area contributed by atoms with E-state index in [2.05, 4.69) is 15.6 Å². The first-order valence-electron chi connectivity index (χ1n) is 9.33. The predicted molar refractivity (Wildman–Crippen MR) is 120 cm³/mol. The highest BCUT2D eigenvalue weighted by atomic mass is 127. The van der Waals surface area contributed by atoms with Gasteiger partial charge in [0.15, 0.2) is 5.96 Å². The molecule has 0 spiro atoms. The number of hydrogen-bond donors (Lipinski definition) is 2. The summed E-state index contributed by atoms with van der Waals surface area (Å²) in [4.78, 5) is 6.28. The maximum atomic E-state index is 13.9. The van der Waals surface area contributed by atoms with Gasteiger partial charge < -0.3 is 20.3 Å². The number of benzene rings is 1. The Hall–Kier alpha value is -0.930. The largest absolute Gasteiger partial charge is 0.385 e. The standard InChI is InChI=1S/C20H33FN4O.HI/c1-22-19(24-15-20(8-5-9-20)10-11-26-4)23-13-16-6-7-18(21)17(12-16)14-25(2)3;/h6-7,12H,5,8-11,13-15H2,1-4H3,(H2,22,23,24);1H. The number of guanidine groups is 1. The molecule has 27 heavy (non-hydrogen) atoms. The van der Waals surface area contributed by atoms with Crippen LogP contribution in [-0.2, 0) is 17.8 Å². The Kier molecular flexibility index (Phi) is 10.5. The van der Waals surface area contributed by atoms with Crippen LogP contribution in [0.1, 0.15) is 36.8 Å². The van der Waals surface area contributed by atoms with E-state index in [1.807, 2.05) is 31.1 Å². The molecular weight excluding hydrogens is 458 g/mol. The van der Waals surface area contributed by atoms with Crippen LogP contribution in [0.2, 0.25) is 0 Å². The SMILES string of the molecule is CN=C(NCc1ccc(F)c(CN(C)C)c1)NCC1(CCOC)CCC1.I. The second kappa shape index (κ2) is 11.8. The fourth-order valence-electron chi connectivity index (χ4n) is 3.39. The van der Waals surface area contributed by atoms with Crippen molar-refractivity contribution in [2.45, 2.75) is 38.8 Å². The molecule has 1 aromatic rings. The quantitative estimate of drug-likeness (QED) is 0.316. The molecule has 1 fully saturated rings. The maximum absolute atomic E-state index is 13.9. The van der Waals surface area contributed by atoms with E-state index in [9.17, 15) is 4.39 Å². The molecule has 154 valence electrons. The summed E-state index contributed by atoms with van der Waals surface area (Å²) in [5.41, 5.74) is 2.09. The highest BCUT2D eigenvalue weighted by Gasteiger charge is 2.36. The molecule has 2 rings (SSSR count). The molecule has 1 saturated carbocycles. The van der Waals surface area contributed by atoms with E-state index in [1.165, 1.54) is 19.3 Å². The van der Waals surface area contributed by atoms with E-state index in [-0.39, 0.29) is 29.8 Å². The molecule has 0 aromatic heterocycles. The molecule has 0 heterocycles. The summed E-state index contributed by atoms with van der Waals surface area (Å²) in [5, 5.41) is 6.78. The van der Waals surface area contributed by atoms with E-state index < -0.39 is 0 Å². The number of ether oxygens (including phenoxy) is 1. The van der Waals surface area contributed by atoms with E-state index in [4.69, 9.17) is 4.74 Å². The fourth-order valence-corrected chi connectivity index (χ4v) is 3.39. The first-order chi connectivity index (χ1) is 12.5. The summed E-state index contributed by atoms with van der Waals surface area (Å²) in [6.45, 7) is 2.92. The van der Waals surface area contributed by atoms with Gasteiger partial charge in [-0.15, -0.1) is 24.0 Å². The fraction of sp³-hybridized carbons (Fsp3) is 0.650. The molecule has 0 radical (unpaired) electrons. The topological polar surface area (TPSA) is 48.9 Å². The van der Waals surface area contributed by atoms with Crippen molar-refractivity contribution in [3.63, 3.8) is 0 Å². The second-order valence-corrected chi connectivity index (χ2v) is 7.54. The van der Waals surface area contributed by atoms with Gasteiger partial charge in [-0.1, -0.05) is 12.5 Å². The van der Waals surface area contributed by atoms with Gasteiger partial charge in [0.05, 0.1) is 0 Å². The lowest BCUT2D eigenvalue weighted by molar-refractivity contribution is 0.0732. The van der Waals surface area contributed by atoms with Gasteiger partial charge in [0, 0.05) is 46.0 Å². The molecule has 1 aromatic carbocycles. The number of halogens is 2. The third kappa shape index (κ3) is 7.54. The molecule has 0 atom stereocenters. The van der Waals surface area contributed by atoms with Crippen molar-refractivity contribution in [3.8, 4) is 0 Å². The summed E-state index contributed by atoms with van der Waals surface area (Å²) in [6.07, 6.45) is 4.86. The molecule has 0 amide bonds. The van der Waals surface area contributed by atoms with Crippen molar-refractivity contribution in [2.75, 3.05) is 41.4 Å². The Bertz CT molecular complexity index is 606. The molecule has 1 aliphatic carbocycles. The number of rotatable bonds is 9. The molecule has 7 heteroatoms. The smallest absolute Gasteiger partial charge is 0.191 e. The Morgan fingerprint density at radius 3 is 2.59 bits per heavy atom. The minimum absolute atomic E-state index is 0. The molecule has 5 nitrogen and oxygen atoms in total. The Labute approximate surface area is 180 Å². The zero-order valence-corrected chi connectivity index (χ0v) is 19.3. The van der Waals surface area contributed by atoms with Gasteiger partial charge in [-0.3, -0.25) is 4.99 Å². The number of nitrogens with one attached hydrogen (secondary N) is 2. The lowest BCUT2D eigenvalue weighted by Crippen LogP contribution is -2.46. The summed E-state index contributed by atoms with van der Waals surface area (Å²) in [6, 6.07) is 5.28. The zero-order chi connectivity index (χ0) is 19.0. The molecule has 0 bridgehead atoms. The van der Waals surface area contributed by atoms with Crippen molar-refractivity contribution in [1.82, 2.24) is 15.5 Å². The van der Waals surface area contributed by atoms with Crippen molar-refractivity contribution in [3.05, 3.63) is 35.1 Å². The van der Waals surface area contributed by atoms with Crippen LogP contribution >= 0.6 is 24.0 Å². The van der Waals surface area contributed by atoms with E-state index in [1.54, 1.807) is 20.2 Å². The van der Waals surface area contributed by atoms with E-state index in [0.717, 1.165) is 31.1 Å². The lowest BCUT2D eigenvalue weighted by Gasteiger charge is -2.42. The number of aliphatic imine (C=N–C) groups is 1. The van der Waals surface area contributed by atoms with Crippen molar-refractivity contribution < 1.29 is 9.13 Å². The van der Waals surface area contributed by atoms with Crippen molar-refractivity contribution in [1.29, 1.82) is 0 Å². The lowest BCUT2D eigenvalue weighted by atomic mass is 9.67. The number of methoxy groups -OCH3 is 1. The molecule has 0 unspecified atom stereocenters. The van der Waals surface area contributed by atoms with Crippen molar-refractivity contribution >= 4 is 29.9 Å². The Morgan fingerprint density at radius 2 is 2.04 bits per heavy atom. The first kappa shape index (κ1) is 24.1. The first-order valence-corrected chi connectivity index (χ1v) is 9.33. The monoisotopic (exact) mass is 492 g/mol. The van der Waals surface area contributed by atoms with E-state index >= 15 is 0 Å². The molecule has 0 saturated heterocycles. The van der Waals surface area contributed by atoms with E-state index in [0.29, 0.717) is 24.1 Å². The predicted octanol–water partition coefficient (Wildman–Crippen LogP) is 3.38. The van der Waals surface area contributed by atoms with Crippen LogP contribution in [0, 0.1) is 11.2 Å². The summed E-state index contributed by atoms with van der Waals surface area (Å²) >= 11 is 0. The average molecular weight is 492 g/mol. The van der Waals surface area contributed by atoms with Gasteiger partial charge in [0.1, 0.15) is 5.82 Å². The van der Waals surface area contributed by atoms with Crippen LogP contribution < -0.4 is 10.6 Å². The minimum Gasteiger partial charge on any atom is -0.385 e. The third-order valence-corrected chi connectivity index (χ3v) is 5.16. The van der Waals surface area contributed by atoms with Crippen LogP contribution in [0.15, 0.2) is 23.2 Å². The maximum Gasteiger partial charge on any atom is 0.191 e. The summed E-state index contributed by atoms with van der Waals surface area (Å²) in [7, 11) is 7.42. The van der Waals surface area contributed by atoms with Gasteiger partial charge in [-0.25, -0.2) is 4.39 Å². The number of hydrogen-bond acceptors (Lipinski definition) is 3. The van der Waals surface area contributed by atoms with Crippen molar-refractivity contribution in [2.24, 2.45) is 10.4 Å². The zero-order valence-electron chi connectivity index (χ0n) is 17.0. The third-order valence-electron chi connectivity index (χ3n) is 5.16. The van der Waals surface area contributed by atoms with Gasteiger partial charge in [0.25, 0.3) is 0 Å². The van der Waals surface area contributed by atoms with Crippen LogP contribution in [0.25, 0.3) is 0 Å². The van der Waals surface area contributed by atoms with Gasteiger partial charge in [0.2, 0.25) is 0 Å². The highest BCUT2D eigenvalue weighted by Crippen LogP contribution is 2.43. The van der Waals surface area contributed by atoms with Crippen LogP contribution in [0.3, 0.4) is 0 Å². The van der Waals surface area contributed by atoms with Crippen LogP contribution in [0.4, 0.5) is 4.39 Å². The average Bonchev–Trinajstić information content (AvgIpc) is 2.58. The van der Waals surface area contributed by atoms with Gasteiger partial charge in [-0.05, 0) is 56.5 Å². The van der Waals surface area contributed by atoms with Crippen LogP contribution in [0.5, 0.6) is 0 Å². The summed E-state index contributed by atoms with van der Waals surface area (Å²) < 4.78 is 19.2. The Balaban J connectivity index is 0.00000364. The second-order valence-electron chi connectivity index (χ2n) is 7.54. The number of nitrogens with zero attached hydrogens (tertiary/aromatic N) is 2. The van der Waals surface area contributed by atoms with Gasteiger partial charge in [-0.2, -0.15) is 0 Å². The molecular formula is C20H34FIN4O. The van der Waals surface area contributed by atoms with Gasteiger partial charge >= 0.3 is 0 Å². The normalized spacial score (nSPS) is 15.9. The summed E-state index contributed by atoms with van der Waals surface area (Å²) in [5.74, 6) is 0.627. The molecule has 0 aliphatic heterocycles.